The quantitative estimate of drug-likeness (QED) is 0.288. The Morgan fingerprint density at radius 3 is 2.43 bits per heavy atom. The van der Waals surface area contributed by atoms with Gasteiger partial charge in [0.05, 0.1) is 22.2 Å². The van der Waals surface area contributed by atoms with Crippen LogP contribution in [0.15, 0.2) is 48.8 Å². The van der Waals surface area contributed by atoms with Crippen LogP contribution in [-0.4, -0.2) is 44.0 Å². The minimum atomic E-state index is -1.16. The van der Waals surface area contributed by atoms with E-state index < -0.39 is 10.9 Å². The Balaban J connectivity index is 1.66. The largest absolute Gasteiger partial charge is 0.478 e. The van der Waals surface area contributed by atoms with Crippen LogP contribution in [-0.2, 0) is 0 Å². The number of aromatic carboxylic acids is 1. The minimum Gasteiger partial charge on any atom is -0.478 e. The summed E-state index contributed by atoms with van der Waals surface area (Å²) in [6.07, 6.45) is 2.38. The van der Waals surface area contributed by atoms with E-state index in [4.69, 9.17) is 5.26 Å². The van der Waals surface area contributed by atoms with E-state index in [1.807, 2.05) is 6.07 Å². The van der Waals surface area contributed by atoms with Crippen LogP contribution in [0.2, 0.25) is 0 Å². The van der Waals surface area contributed by atoms with Crippen molar-refractivity contribution in [3.05, 3.63) is 70.0 Å². The molecule has 0 atom stereocenters. The zero-order chi connectivity index (χ0) is 21.5. The van der Waals surface area contributed by atoms with E-state index in [9.17, 15) is 20.0 Å². The molecule has 3 rings (SSSR count). The number of anilines is 2. The lowest BCUT2D eigenvalue weighted by molar-refractivity contribution is -0.385. The van der Waals surface area contributed by atoms with E-state index in [1.54, 1.807) is 24.3 Å². The summed E-state index contributed by atoms with van der Waals surface area (Å²) in [4.78, 5) is 33.9. The van der Waals surface area contributed by atoms with Gasteiger partial charge in [-0.1, -0.05) is 12.1 Å². The van der Waals surface area contributed by atoms with Gasteiger partial charge in [0, 0.05) is 30.9 Å². The molecule has 2 heterocycles. The summed E-state index contributed by atoms with van der Waals surface area (Å²) < 4.78 is 0. The van der Waals surface area contributed by atoms with Crippen molar-refractivity contribution in [1.29, 1.82) is 5.26 Å². The molecular weight excluding hydrogens is 390 g/mol. The van der Waals surface area contributed by atoms with Gasteiger partial charge in [-0.05, 0) is 18.2 Å². The predicted octanol–water partition coefficient (Wildman–Crippen LogP) is 2.54. The normalized spacial score (nSPS) is 10.1. The molecule has 150 valence electrons. The van der Waals surface area contributed by atoms with E-state index in [1.165, 1.54) is 18.3 Å². The molecule has 0 bridgehead atoms. The molecular formula is C19H15N7O4. The Hall–Kier alpha value is -4.59. The Bertz CT molecular complexity index is 1110. The van der Waals surface area contributed by atoms with Crippen molar-refractivity contribution in [2.45, 2.75) is 0 Å². The Morgan fingerprint density at radius 2 is 1.83 bits per heavy atom. The van der Waals surface area contributed by atoms with Gasteiger partial charge >= 0.3 is 5.97 Å². The highest BCUT2D eigenvalue weighted by atomic mass is 16.6. The van der Waals surface area contributed by atoms with Crippen LogP contribution in [0.4, 0.5) is 17.5 Å². The topological polar surface area (TPSA) is 167 Å². The maximum atomic E-state index is 11.5. The van der Waals surface area contributed by atoms with Crippen LogP contribution >= 0.6 is 0 Å². The van der Waals surface area contributed by atoms with Crippen LogP contribution in [0.5, 0.6) is 0 Å². The highest BCUT2D eigenvalue weighted by molar-refractivity contribution is 5.94. The third-order valence-corrected chi connectivity index (χ3v) is 3.98. The molecule has 30 heavy (non-hydrogen) atoms. The van der Waals surface area contributed by atoms with Crippen LogP contribution < -0.4 is 10.6 Å². The molecule has 0 saturated heterocycles. The summed E-state index contributed by atoms with van der Waals surface area (Å²) >= 11 is 0. The van der Waals surface area contributed by atoms with Gasteiger partial charge < -0.3 is 15.7 Å². The highest BCUT2D eigenvalue weighted by Gasteiger charge is 2.15. The fourth-order valence-corrected chi connectivity index (χ4v) is 2.51. The first-order valence-electron chi connectivity index (χ1n) is 8.67. The number of carboxylic acids is 1. The number of rotatable bonds is 8. The Labute approximate surface area is 170 Å². The molecule has 0 aliphatic rings. The second kappa shape index (κ2) is 9.07. The van der Waals surface area contributed by atoms with Crippen LogP contribution in [0, 0.1) is 21.4 Å². The molecule has 1 aromatic carbocycles. The van der Waals surface area contributed by atoms with Crippen molar-refractivity contribution in [3.8, 4) is 17.3 Å². The molecule has 2 aromatic heterocycles. The molecule has 0 radical (unpaired) electrons. The number of benzene rings is 1. The molecule has 3 N–H and O–H groups in total. The average Bonchev–Trinajstić information content (AvgIpc) is 2.77. The number of hydrogen-bond acceptors (Lipinski definition) is 9. The summed E-state index contributed by atoms with van der Waals surface area (Å²) in [5, 5.41) is 34.9. The fourth-order valence-electron chi connectivity index (χ4n) is 2.51. The lowest BCUT2D eigenvalue weighted by atomic mass is 10.1. The maximum absolute atomic E-state index is 11.5. The van der Waals surface area contributed by atoms with E-state index in [0.29, 0.717) is 30.0 Å². The maximum Gasteiger partial charge on any atom is 0.339 e. The van der Waals surface area contributed by atoms with Crippen molar-refractivity contribution >= 4 is 23.4 Å². The van der Waals surface area contributed by atoms with Gasteiger partial charge in [0.15, 0.2) is 0 Å². The summed E-state index contributed by atoms with van der Waals surface area (Å²) in [6, 6.07) is 11.3. The van der Waals surface area contributed by atoms with Crippen molar-refractivity contribution in [2.24, 2.45) is 0 Å². The molecule has 11 nitrogen and oxygen atoms in total. The first-order valence-corrected chi connectivity index (χ1v) is 8.67. The van der Waals surface area contributed by atoms with Gasteiger partial charge in [-0.25, -0.2) is 19.7 Å². The number of nitrogens with zero attached hydrogens (tertiary/aromatic N) is 5. The van der Waals surface area contributed by atoms with Crippen LogP contribution in [0.3, 0.4) is 0 Å². The second-order valence-corrected chi connectivity index (χ2v) is 5.96. The first kappa shape index (κ1) is 20.2. The monoisotopic (exact) mass is 405 g/mol. The number of nitrogens with one attached hydrogen (secondary N) is 2. The summed E-state index contributed by atoms with van der Waals surface area (Å²) in [6.45, 7) is 0.805. The van der Waals surface area contributed by atoms with Gasteiger partial charge in [0.2, 0.25) is 5.95 Å². The predicted molar refractivity (Wildman–Crippen MR) is 107 cm³/mol. The summed E-state index contributed by atoms with van der Waals surface area (Å²) in [7, 11) is 0. The second-order valence-electron chi connectivity index (χ2n) is 5.96. The van der Waals surface area contributed by atoms with Gasteiger partial charge in [0.1, 0.15) is 17.6 Å². The SMILES string of the molecule is N#Cc1ccc(-c2nc(NCCNc3ccc([N+](=O)[O-])cn3)ncc2C(=O)O)cc1. The smallest absolute Gasteiger partial charge is 0.339 e. The van der Waals surface area contributed by atoms with Gasteiger partial charge in [0.25, 0.3) is 5.69 Å². The van der Waals surface area contributed by atoms with Crippen molar-refractivity contribution in [2.75, 3.05) is 23.7 Å². The van der Waals surface area contributed by atoms with Crippen molar-refractivity contribution in [3.63, 3.8) is 0 Å². The summed E-state index contributed by atoms with van der Waals surface area (Å²) in [5.41, 5.74) is 1.08. The number of aromatic nitrogens is 3. The number of carbonyl (C=O) groups is 1. The molecule has 0 fully saturated rings. The van der Waals surface area contributed by atoms with E-state index in [2.05, 4.69) is 25.6 Å². The Morgan fingerprint density at radius 1 is 1.10 bits per heavy atom. The molecule has 0 spiro atoms. The molecule has 0 aliphatic carbocycles. The number of carboxylic acid groups (broad SMARTS) is 1. The van der Waals surface area contributed by atoms with E-state index in [-0.39, 0.29) is 22.9 Å². The molecule has 0 unspecified atom stereocenters. The standard InChI is InChI=1S/C19H15N7O4/c20-9-12-1-3-13(4-2-12)17-15(18(27)28)11-24-19(25-17)22-8-7-21-16-6-5-14(10-23-16)26(29)30/h1-6,10-11H,7-8H2,(H,21,23)(H,27,28)(H,22,24,25). The van der Waals surface area contributed by atoms with Crippen molar-refractivity contribution < 1.29 is 14.8 Å². The molecule has 3 aromatic rings. The van der Waals surface area contributed by atoms with Crippen LogP contribution in [0.25, 0.3) is 11.3 Å². The van der Waals surface area contributed by atoms with E-state index in [0.717, 1.165) is 6.20 Å². The molecule has 11 heteroatoms. The third kappa shape index (κ3) is 4.82. The zero-order valence-corrected chi connectivity index (χ0v) is 15.4. The highest BCUT2D eigenvalue weighted by Crippen LogP contribution is 2.23. The van der Waals surface area contributed by atoms with Gasteiger partial charge in [-0.2, -0.15) is 5.26 Å². The Kier molecular flexibility index (Phi) is 6.09. The van der Waals surface area contributed by atoms with Crippen LogP contribution in [0.1, 0.15) is 15.9 Å². The third-order valence-electron chi connectivity index (χ3n) is 3.98. The average molecular weight is 405 g/mol. The number of nitriles is 1. The first-order chi connectivity index (χ1) is 14.5. The fraction of sp³-hybridized carbons (Fsp3) is 0.105. The molecule has 0 amide bonds. The van der Waals surface area contributed by atoms with Crippen molar-refractivity contribution in [1.82, 2.24) is 15.0 Å². The minimum absolute atomic E-state index is 0.0570. The lowest BCUT2D eigenvalue weighted by Gasteiger charge is -2.10. The number of nitro groups is 1. The lowest BCUT2D eigenvalue weighted by Crippen LogP contribution is -2.16. The summed E-state index contributed by atoms with van der Waals surface area (Å²) in [5.74, 6) is -0.451. The van der Waals surface area contributed by atoms with Gasteiger partial charge in [-0.3, -0.25) is 10.1 Å². The van der Waals surface area contributed by atoms with Gasteiger partial charge in [-0.15, -0.1) is 0 Å². The zero-order valence-electron chi connectivity index (χ0n) is 15.4. The number of hydrogen-bond donors (Lipinski definition) is 3. The van der Waals surface area contributed by atoms with E-state index >= 15 is 0 Å². The molecule has 0 saturated carbocycles. The number of pyridine rings is 1. The molecule has 0 aliphatic heterocycles.